The molecule has 0 unspecified atom stereocenters. The minimum absolute atomic E-state index is 0.169. The van der Waals surface area contributed by atoms with Gasteiger partial charge in [0.15, 0.2) is 11.4 Å². The molecule has 160 valence electrons. The van der Waals surface area contributed by atoms with Gasteiger partial charge in [-0.3, -0.25) is 14.2 Å². The molecule has 5 aromatic rings. The van der Waals surface area contributed by atoms with E-state index in [2.05, 4.69) is 10.3 Å². The molecule has 0 aliphatic carbocycles. The Bertz CT molecular complexity index is 1480. The van der Waals surface area contributed by atoms with Gasteiger partial charge in [0, 0.05) is 23.8 Å². The molecule has 8 heteroatoms. The molecular formula is C24H20N4O3S. The van der Waals surface area contributed by atoms with Crippen LogP contribution in [0, 0.1) is 0 Å². The van der Waals surface area contributed by atoms with E-state index in [0.29, 0.717) is 23.5 Å². The number of nitrogens with one attached hydrogen (secondary N) is 1. The van der Waals surface area contributed by atoms with E-state index in [1.54, 1.807) is 40.7 Å². The van der Waals surface area contributed by atoms with Gasteiger partial charge in [-0.2, -0.15) is 0 Å². The Labute approximate surface area is 187 Å². The number of pyridine rings is 1. The average Bonchev–Trinajstić information content (AvgIpc) is 3.51. The number of benzene rings is 1. The molecule has 0 spiro atoms. The van der Waals surface area contributed by atoms with Gasteiger partial charge in [0.1, 0.15) is 11.3 Å². The smallest absolute Gasteiger partial charge is 0.287 e. The molecule has 1 N–H and O–H groups in total. The molecule has 0 saturated heterocycles. The van der Waals surface area contributed by atoms with Crippen molar-refractivity contribution in [2.45, 2.75) is 18.0 Å². The van der Waals surface area contributed by atoms with Crippen LogP contribution in [0.1, 0.15) is 21.9 Å². The summed E-state index contributed by atoms with van der Waals surface area (Å²) in [5, 5.41) is 2.87. The van der Waals surface area contributed by atoms with E-state index < -0.39 is 0 Å². The summed E-state index contributed by atoms with van der Waals surface area (Å²) >= 11 is 1.67. The third-order valence-corrected chi connectivity index (χ3v) is 6.05. The van der Waals surface area contributed by atoms with Crippen LogP contribution in [0.15, 0.2) is 87.2 Å². The first-order valence-corrected chi connectivity index (χ1v) is 11.3. The Hall–Kier alpha value is -3.78. The molecule has 5 rings (SSSR count). The van der Waals surface area contributed by atoms with Crippen molar-refractivity contribution in [3.05, 3.63) is 100 Å². The lowest BCUT2D eigenvalue weighted by Crippen LogP contribution is -2.24. The Morgan fingerprint density at radius 1 is 1.06 bits per heavy atom. The third-order valence-electron chi connectivity index (χ3n) is 5.31. The van der Waals surface area contributed by atoms with Gasteiger partial charge in [0.25, 0.3) is 11.5 Å². The maximum atomic E-state index is 13.0. The number of aromatic nitrogens is 3. The molecule has 0 fully saturated rings. The number of rotatable bonds is 6. The number of nitrogens with zero attached hydrogens (tertiary/aromatic N) is 3. The second kappa shape index (κ2) is 8.39. The molecule has 1 amide bonds. The quantitative estimate of drug-likeness (QED) is 0.401. The summed E-state index contributed by atoms with van der Waals surface area (Å²) in [7, 11) is 0. The first kappa shape index (κ1) is 20.1. The van der Waals surface area contributed by atoms with Gasteiger partial charge >= 0.3 is 0 Å². The lowest BCUT2D eigenvalue weighted by atomic mass is 10.2. The van der Waals surface area contributed by atoms with Crippen molar-refractivity contribution in [3.63, 3.8) is 0 Å². The Balaban J connectivity index is 1.37. The summed E-state index contributed by atoms with van der Waals surface area (Å²) in [4.78, 5) is 31.1. The van der Waals surface area contributed by atoms with Gasteiger partial charge in [0.2, 0.25) is 0 Å². The van der Waals surface area contributed by atoms with Crippen molar-refractivity contribution in [2.75, 3.05) is 6.26 Å². The summed E-state index contributed by atoms with van der Waals surface area (Å²) in [6.45, 7) is 0.583. The predicted octanol–water partition coefficient (Wildman–Crippen LogP) is 3.94. The molecule has 0 saturated carbocycles. The highest BCUT2D eigenvalue weighted by Crippen LogP contribution is 2.17. The van der Waals surface area contributed by atoms with E-state index in [4.69, 9.17) is 4.42 Å². The van der Waals surface area contributed by atoms with E-state index >= 15 is 0 Å². The SMILES string of the molecule is CSc1ccc(CNC(=O)c2ccc(Cn3c(=O)c4cccn4c4cccnc43)o2)cc1. The number of carbonyl (C=O) groups excluding carboxylic acids is 1. The van der Waals surface area contributed by atoms with Crippen molar-refractivity contribution >= 4 is 34.3 Å². The van der Waals surface area contributed by atoms with Crippen LogP contribution >= 0.6 is 11.8 Å². The second-order valence-corrected chi connectivity index (χ2v) is 8.18. The molecule has 1 aromatic carbocycles. The lowest BCUT2D eigenvalue weighted by Gasteiger charge is -2.10. The van der Waals surface area contributed by atoms with Crippen molar-refractivity contribution in [2.24, 2.45) is 0 Å². The highest BCUT2D eigenvalue weighted by molar-refractivity contribution is 7.98. The zero-order valence-corrected chi connectivity index (χ0v) is 18.1. The van der Waals surface area contributed by atoms with Crippen molar-refractivity contribution in [1.82, 2.24) is 19.3 Å². The van der Waals surface area contributed by atoms with E-state index in [1.807, 2.05) is 59.3 Å². The highest BCUT2D eigenvalue weighted by atomic mass is 32.2. The molecule has 0 bridgehead atoms. The van der Waals surface area contributed by atoms with Gasteiger partial charge in [-0.25, -0.2) is 4.98 Å². The Morgan fingerprint density at radius 3 is 2.69 bits per heavy atom. The van der Waals surface area contributed by atoms with Crippen molar-refractivity contribution < 1.29 is 9.21 Å². The van der Waals surface area contributed by atoms with Crippen LogP contribution in [0.4, 0.5) is 0 Å². The summed E-state index contributed by atoms with van der Waals surface area (Å²) in [5.74, 6) is 0.404. The van der Waals surface area contributed by atoms with E-state index in [9.17, 15) is 9.59 Å². The van der Waals surface area contributed by atoms with Crippen LogP contribution in [0.5, 0.6) is 0 Å². The Morgan fingerprint density at radius 2 is 1.88 bits per heavy atom. The molecule has 0 aliphatic rings. The second-order valence-electron chi connectivity index (χ2n) is 7.30. The number of hydrogen-bond acceptors (Lipinski definition) is 5. The topological polar surface area (TPSA) is 81.5 Å². The first-order valence-electron chi connectivity index (χ1n) is 10.1. The monoisotopic (exact) mass is 444 g/mol. The summed E-state index contributed by atoms with van der Waals surface area (Å²) in [5.41, 5.74) is 2.77. The number of fused-ring (bicyclic) bond motifs is 3. The number of thioether (sulfide) groups is 1. The molecule has 32 heavy (non-hydrogen) atoms. The third kappa shape index (κ3) is 3.69. The number of carbonyl (C=O) groups is 1. The van der Waals surface area contributed by atoms with E-state index in [1.165, 1.54) is 4.90 Å². The highest BCUT2D eigenvalue weighted by Gasteiger charge is 2.15. The number of furan rings is 1. The van der Waals surface area contributed by atoms with Crippen molar-refractivity contribution in [1.29, 1.82) is 0 Å². The first-order chi connectivity index (χ1) is 15.6. The van der Waals surface area contributed by atoms with Gasteiger partial charge in [0.05, 0.1) is 12.1 Å². The van der Waals surface area contributed by atoms with Crippen LogP contribution in [0.25, 0.3) is 16.7 Å². The molecule has 4 aromatic heterocycles. The van der Waals surface area contributed by atoms with Crippen LogP contribution in [0.2, 0.25) is 0 Å². The fourth-order valence-corrected chi connectivity index (χ4v) is 4.09. The zero-order chi connectivity index (χ0) is 22.1. The fraction of sp³-hybridized carbons (Fsp3) is 0.125. The van der Waals surface area contributed by atoms with E-state index in [-0.39, 0.29) is 23.8 Å². The number of amides is 1. The molecule has 7 nitrogen and oxygen atoms in total. The van der Waals surface area contributed by atoms with Crippen LogP contribution in [0.3, 0.4) is 0 Å². The lowest BCUT2D eigenvalue weighted by molar-refractivity contribution is 0.0921. The largest absolute Gasteiger partial charge is 0.454 e. The standard InChI is InChI=1S/C24H20N4O3S/c1-32-18-9-6-16(7-10-18)14-26-23(29)21-11-8-17(31-21)15-28-22-19(4-2-12-25-22)27-13-3-5-20(27)24(28)30/h2-13H,14-15H2,1H3,(H,26,29). The van der Waals surface area contributed by atoms with E-state index in [0.717, 1.165) is 11.1 Å². The fourth-order valence-electron chi connectivity index (χ4n) is 3.68. The summed E-state index contributed by atoms with van der Waals surface area (Å²) in [6, 6.07) is 18.7. The molecule has 0 atom stereocenters. The average molecular weight is 445 g/mol. The predicted molar refractivity (Wildman–Crippen MR) is 124 cm³/mol. The molecule has 0 radical (unpaired) electrons. The van der Waals surface area contributed by atoms with Gasteiger partial charge < -0.3 is 14.1 Å². The number of hydrogen-bond donors (Lipinski definition) is 1. The minimum atomic E-state index is -0.303. The van der Waals surface area contributed by atoms with Gasteiger partial charge in [-0.15, -0.1) is 11.8 Å². The summed E-state index contributed by atoms with van der Waals surface area (Å²) in [6.07, 6.45) is 5.52. The van der Waals surface area contributed by atoms with Crippen LogP contribution < -0.4 is 10.9 Å². The molecule has 0 aliphatic heterocycles. The van der Waals surface area contributed by atoms with Crippen LogP contribution in [-0.2, 0) is 13.1 Å². The van der Waals surface area contributed by atoms with Crippen molar-refractivity contribution in [3.8, 4) is 0 Å². The van der Waals surface area contributed by atoms with Crippen LogP contribution in [-0.4, -0.2) is 26.1 Å². The maximum absolute atomic E-state index is 13.0. The maximum Gasteiger partial charge on any atom is 0.287 e. The molecular weight excluding hydrogens is 424 g/mol. The zero-order valence-electron chi connectivity index (χ0n) is 17.3. The molecule has 4 heterocycles. The van der Waals surface area contributed by atoms with Gasteiger partial charge in [-0.1, -0.05) is 12.1 Å². The Kier molecular flexibility index (Phi) is 5.28. The minimum Gasteiger partial charge on any atom is -0.454 e. The van der Waals surface area contributed by atoms with Gasteiger partial charge in [-0.05, 0) is 60.4 Å². The summed E-state index contributed by atoms with van der Waals surface area (Å²) < 4.78 is 9.16. The normalized spacial score (nSPS) is 11.3.